The van der Waals surface area contributed by atoms with Crippen LogP contribution in [0.15, 0.2) is 60.5 Å². The maximum Gasteiger partial charge on any atom is 0.226 e. The van der Waals surface area contributed by atoms with Gasteiger partial charge in [0.2, 0.25) is 5.88 Å². The molecule has 3 aliphatic rings. The van der Waals surface area contributed by atoms with Gasteiger partial charge in [-0.05, 0) is 30.4 Å². The maximum absolute atomic E-state index is 14.7. The van der Waals surface area contributed by atoms with E-state index in [0.29, 0.717) is 69.5 Å². The van der Waals surface area contributed by atoms with E-state index in [0.717, 1.165) is 24.3 Å². The highest BCUT2D eigenvalue weighted by atomic mass is 19.1. The molecule has 1 saturated heterocycles. The van der Waals surface area contributed by atoms with Gasteiger partial charge in [0.05, 0.1) is 72.6 Å². The first kappa shape index (κ1) is 32.7. The van der Waals surface area contributed by atoms with Gasteiger partial charge in [0.15, 0.2) is 23.1 Å². The van der Waals surface area contributed by atoms with Crippen LogP contribution in [0, 0.1) is 11.6 Å². The molecule has 2 aliphatic heterocycles. The number of halogens is 2. The van der Waals surface area contributed by atoms with Gasteiger partial charge in [-0.2, -0.15) is 4.89 Å². The van der Waals surface area contributed by atoms with Crippen molar-refractivity contribution in [1.29, 1.82) is 0 Å². The van der Waals surface area contributed by atoms with Gasteiger partial charge < -0.3 is 48.4 Å². The van der Waals surface area contributed by atoms with E-state index in [1.807, 2.05) is 23.1 Å². The second-order valence-electron chi connectivity index (χ2n) is 10.4. The Bertz CT molecular complexity index is 1340. The molecule has 2 atom stereocenters. The Hall–Kier alpha value is -3.72. The first-order chi connectivity index (χ1) is 21.9. The molecule has 2 N–H and O–H groups in total. The summed E-state index contributed by atoms with van der Waals surface area (Å²) in [7, 11) is 1.37. The van der Waals surface area contributed by atoms with Crippen LogP contribution in [0.25, 0.3) is 0 Å². The van der Waals surface area contributed by atoms with Gasteiger partial charge in [-0.3, -0.25) is 0 Å². The molecule has 0 aromatic heterocycles. The van der Waals surface area contributed by atoms with Gasteiger partial charge in [0.1, 0.15) is 17.6 Å². The number of nitrogens with zero attached hydrogens (tertiary/aromatic N) is 1. The summed E-state index contributed by atoms with van der Waals surface area (Å²) in [6.45, 7) is 7.64. The summed E-state index contributed by atoms with van der Waals surface area (Å²) in [6, 6.07) is 4.18. The normalized spacial score (nSPS) is 22.1. The molecule has 0 bridgehead atoms. The van der Waals surface area contributed by atoms with E-state index in [9.17, 15) is 19.0 Å². The van der Waals surface area contributed by atoms with Crippen LogP contribution in [0.3, 0.4) is 0 Å². The summed E-state index contributed by atoms with van der Waals surface area (Å²) in [5.74, 6) is -3.10. The number of phenols is 2. The molecule has 13 heteroatoms. The third kappa shape index (κ3) is 7.93. The van der Waals surface area contributed by atoms with Gasteiger partial charge in [-0.25, -0.2) is 8.78 Å². The minimum atomic E-state index is -0.860. The van der Waals surface area contributed by atoms with Crippen molar-refractivity contribution in [2.24, 2.45) is 0 Å². The molecule has 1 fully saturated rings. The molecule has 244 valence electrons. The summed E-state index contributed by atoms with van der Waals surface area (Å²) in [6.07, 6.45) is 4.93. The highest BCUT2D eigenvalue weighted by Gasteiger charge is 2.36. The molecular weight excluding hydrogens is 596 g/mol. The van der Waals surface area contributed by atoms with E-state index in [4.69, 9.17) is 38.2 Å². The molecule has 0 amide bonds. The summed E-state index contributed by atoms with van der Waals surface area (Å²) in [5, 5.41) is 20.1. The van der Waals surface area contributed by atoms with E-state index in [2.05, 4.69) is 6.58 Å². The number of ether oxygens (including phenoxy) is 6. The number of hydrogen-bond donors (Lipinski definition) is 2. The van der Waals surface area contributed by atoms with Crippen LogP contribution in [0.5, 0.6) is 23.0 Å². The van der Waals surface area contributed by atoms with Crippen molar-refractivity contribution in [3.63, 3.8) is 0 Å². The van der Waals surface area contributed by atoms with E-state index in [1.165, 1.54) is 7.11 Å². The van der Waals surface area contributed by atoms with Gasteiger partial charge in [-0.15, -0.1) is 0 Å². The minimum absolute atomic E-state index is 0.166. The Kier molecular flexibility index (Phi) is 11.3. The third-order valence-electron chi connectivity index (χ3n) is 7.50. The smallest absolute Gasteiger partial charge is 0.226 e. The topological polar surface area (TPSA) is 118 Å². The lowest BCUT2D eigenvalue weighted by Gasteiger charge is -2.38. The fourth-order valence-electron chi connectivity index (χ4n) is 5.42. The zero-order chi connectivity index (χ0) is 31.8. The zero-order valence-corrected chi connectivity index (χ0v) is 24.9. The van der Waals surface area contributed by atoms with Crippen molar-refractivity contribution in [1.82, 2.24) is 4.90 Å². The van der Waals surface area contributed by atoms with Crippen molar-refractivity contribution >= 4 is 0 Å². The van der Waals surface area contributed by atoms with E-state index >= 15 is 0 Å². The maximum atomic E-state index is 14.7. The fraction of sp³-hybridized carbons (Fsp3) is 0.438. The Morgan fingerprint density at radius 2 is 1.36 bits per heavy atom. The number of aromatic hydroxyl groups is 2. The largest absolute Gasteiger partial charge is 0.505 e. The first-order valence-corrected chi connectivity index (χ1v) is 14.6. The van der Waals surface area contributed by atoms with Crippen molar-refractivity contribution < 1.29 is 57.2 Å². The third-order valence-corrected chi connectivity index (χ3v) is 7.50. The van der Waals surface area contributed by atoms with Gasteiger partial charge in [0.25, 0.3) is 0 Å². The summed E-state index contributed by atoms with van der Waals surface area (Å²) in [5.41, 5.74) is 1.36. The van der Waals surface area contributed by atoms with Crippen LogP contribution in [-0.2, 0) is 33.5 Å². The van der Waals surface area contributed by atoms with Crippen molar-refractivity contribution in [3.8, 4) is 23.0 Å². The molecule has 2 aromatic rings. The van der Waals surface area contributed by atoms with E-state index in [-0.39, 0.29) is 30.6 Å². The molecular formula is C32H37F2NO10. The number of benzene rings is 2. The predicted octanol–water partition coefficient (Wildman–Crippen LogP) is 4.29. The molecule has 0 radical (unpaired) electrons. The zero-order valence-electron chi connectivity index (χ0n) is 24.9. The van der Waals surface area contributed by atoms with Gasteiger partial charge in [0, 0.05) is 35.7 Å². The van der Waals surface area contributed by atoms with Gasteiger partial charge >= 0.3 is 0 Å². The quantitative estimate of drug-likeness (QED) is 0.285. The highest BCUT2D eigenvalue weighted by molar-refractivity contribution is 5.62. The van der Waals surface area contributed by atoms with Gasteiger partial charge in [-0.1, -0.05) is 12.2 Å². The molecule has 45 heavy (non-hydrogen) atoms. The second-order valence-corrected chi connectivity index (χ2v) is 10.4. The van der Waals surface area contributed by atoms with Crippen LogP contribution in [0.4, 0.5) is 8.78 Å². The Morgan fingerprint density at radius 3 is 1.91 bits per heavy atom. The standard InChI is InChI=1S/C32H37F2NO10/c1-20(45-38-2)35-5-6-39-7-8-40-9-10-41-11-12-42-13-14-43-31-15-21(3-4-26(31)35)32-22-16-24(33)27(36)18-29(22)44-30-19-28(37)25(34)17-23(30)32/h3-4,15-19,26,31-32,36-37H,1,5-14H2,2H3. The Balaban J connectivity index is 1.50. The Morgan fingerprint density at radius 1 is 0.822 bits per heavy atom. The summed E-state index contributed by atoms with van der Waals surface area (Å²) >= 11 is 0. The molecule has 2 heterocycles. The predicted molar refractivity (Wildman–Crippen MR) is 156 cm³/mol. The van der Waals surface area contributed by atoms with Crippen molar-refractivity contribution in [3.05, 3.63) is 83.3 Å². The number of phenolic OH excluding ortho intramolecular Hbond substituents is 2. The van der Waals surface area contributed by atoms with Crippen molar-refractivity contribution in [2.45, 2.75) is 18.1 Å². The fourth-order valence-corrected chi connectivity index (χ4v) is 5.42. The molecule has 0 spiro atoms. The van der Waals surface area contributed by atoms with Crippen LogP contribution in [0.2, 0.25) is 0 Å². The second kappa shape index (κ2) is 15.5. The lowest BCUT2D eigenvalue weighted by Crippen LogP contribution is -2.45. The minimum Gasteiger partial charge on any atom is -0.505 e. The molecule has 5 rings (SSSR count). The summed E-state index contributed by atoms with van der Waals surface area (Å²) < 4.78 is 64.1. The molecule has 1 aliphatic carbocycles. The molecule has 0 saturated carbocycles. The molecule has 2 unspecified atom stereocenters. The average molecular weight is 634 g/mol. The van der Waals surface area contributed by atoms with Crippen LogP contribution >= 0.6 is 0 Å². The molecule has 2 aromatic carbocycles. The van der Waals surface area contributed by atoms with E-state index in [1.54, 1.807) is 0 Å². The Labute approximate surface area is 259 Å². The number of hydrogen-bond acceptors (Lipinski definition) is 11. The number of rotatable bonds is 4. The SMILES string of the molecule is C=C(OOC)N1CCOCCOCCOCCOCCOC2C=C(C3c4cc(F)c(O)cc4Oc4cc(O)c(F)cc43)C=CC21. The lowest BCUT2D eigenvalue weighted by molar-refractivity contribution is -0.258. The van der Waals surface area contributed by atoms with Crippen LogP contribution in [0.1, 0.15) is 17.0 Å². The first-order valence-electron chi connectivity index (χ1n) is 14.6. The molecule has 11 nitrogen and oxygen atoms in total. The number of allylic oxidation sites excluding steroid dienone is 2. The van der Waals surface area contributed by atoms with E-state index < -0.39 is 41.2 Å². The van der Waals surface area contributed by atoms with Crippen LogP contribution < -0.4 is 4.74 Å². The average Bonchev–Trinajstić information content (AvgIpc) is 3.01. The highest BCUT2D eigenvalue weighted by Crippen LogP contribution is 2.51. The lowest BCUT2D eigenvalue weighted by atomic mass is 9.79. The monoisotopic (exact) mass is 633 g/mol. The van der Waals surface area contributed by atoms with Crippen LogP contribution in [-0.4, -0.2) is 100 Å². The van der Waals surface area contributed by atoms with Crippen molar-refractivity contribution in [2.75, 3.05) is 73.1 Å². The number of fused-ring (bicyclic) bond motifs is 3. The summed E-state index contributed by atoms with van der Waals surface area (Å²) in [4.78, 5) is 12.0.